The van der Waals surface area contributed by atoms with E-state index in [0.29, 0.717) is 6.04 Å². The molecule has 1 aliphatic rings. The molecule has 1 saturated heterocycles. The maximum Gasteiger partial charge on any atom is 0.0116 e. The van der Waals surface area contributed by atoms with Gasteiger partial charge in [0.2, 0.25) is 0 Å². The minimum atomic E-state index is 0.620. The Kier molecular flexibility index (Phi) is 6.22. The lowest BCUT2D eigenvalue weighted by Gasteiger charge is -2.31. The molecular formula is C12H27N3. The number of hydrogen-bond acceptors (Lipinski definition) is 3. The Morgan fingerprint density at radius 2 is 2.00 bits per heavy atom. The van der Waals surface area contributed by atoms with Crippen molar-refractivity contribution in [1.29, 1.82) is 0 Å². The van der Waals surface area contributed by atoms with E-state index < -0.39 is 0 Å². The Bertz CT molecular complexity index is 153. The van der Waals surface area contributed by atoms with E-state index in [1.54, 1.807) is 0 Å². The predicted octanol–water partition coefficient (Wildman–Crippen LogP) is 1.06. The average Bonchev–Trinajstić information content (AvgIpc) is 2.25. The maximum absolute atomic E-state index is 3.46. The van der Waals surface area contributed by atoms with Crippen molar-refractivity contribution >= 4 is 0 Å². The predicted molar refractivity (Wildman–Crippen MR) is 66.3 cm³/mol. The van der Waals surface area contributed by atoms with Crippen molar-refractivity contribution in [3.8, 4) is 0 Å². The lowest BCUT2D eigenvalue weighted by molar-refractivity contribution is 0.196. The summed E-state index contributed by atoms with van der Waals surface area (Å²) >= 11 is 0. The monoisotopic (exact) mass is 213 g/mol. The third-order valence-corrected chi connectivity index (χ3v) is 3.17. The lowest BCUT2D eigenvalue weighted by Crippen LogP contribution is -2.42. The molecule has 0 unspecified atom stereocenters. The lowest BCUT2D eigenvalue weighted by atomic mass is 10.1. The first-order valence-corrected chi connectivity index (χ1v) is 6.34. The van der Waals surface area contributed by atoms with Gasteiger partial charge in [-0.25, -0.2) is 0 Å². The van der Waals surface area contributed by atoms with Gasteiger partial charge in [0.25, 0.3) is 0 Å². The van der Waals surface area contributed by atoms with Crippen LogP contribution in [0.3, 0.4) is 0 Å². The topological polar surface area (TPSA) is 27.3 Å². The average molecular weight is 213 g/mol. The van der Waals surface area contributed by atoms with Crippen molar-refractivity contribution in [2.75, 3.05) is 33.2 Å². The minimum Gasteiger partial charge on any atom is -0.317 e. The summed E-state index contributed by atoms with van der Waals surface area (Å²) in [6.07, 6.45) is 3.89. The molecule has 15 heavy (non-hydrogen) atoms. The molecule has 0 aromatic heterocycles. The summed E-state index contributed by atoms with van der Waals surface area (Å²) in [5.41, 5.74) is 0. The van der Waals surface area contributed by atoms with Gasteiger partial charge in [0.15, 0.2) is 0 Å². The van der Waals surface area contributed by atoms with Gasteiger partial charge in [0.1, 0.15) is 0 Å². The molecule has 0 spiro atoms. The van der Waals surface area contributed by atoms with Gasteiger partial charge < -0.3 is 15.5 Å². The molecule has 2 N–H and O–H groups in total. The summed E-state index contributed by atoms with van der Waals surface area (Å²) in [5.74, 6) is 0. The molecule has 0 atom stereocenters. The van der Waals surface area contributed by atoms with E-state index in [1.807, 2.05) is 0 Å². The summed E-state index contributed by atoms with van der Waals surface area (Å²) in [7, 11) is 2.27. The van der Waals surface area contributed by atoms with Crippen LogP contribution in [0.25, 0.3) is 0 Å². The fourth-order valence-corrected chi connectivity index (χ4v) is 2.15. The molecule has 0 bridgehead atoms. The molecule has 1 fully saturated rings. The molecular weight excluding hydrogens is 186 g/mol. The van der Waals surface area contributed by atoms with Crippen LogP contribution in [0.2, 0.25) is 0 Å². The number of hydrogen-bond donors (Lipinski definition) is 2. The normalized spacial score (nSPS) is 19.0. The van der Waals surface area contributed by atoms with Crippen molar-refractivity contribution < 1.29 is 0 Å². The Morgan fingerprint density at radius 3 is 2.60 bits per heavy atom. The highest BCUT2D eigenvalue weighted by molar-refractivity contribution is 4.75. The van der Waals surface area contributed by atoms with E-state index in [0.717, 1.165) is 12.6 Å². The van der Waals surface area contributed by atoms with Crippen LogP contribution in [0.15, 0.2) is 0 Å². The first-order chi connectivity index (χ1) is 7.20. The van der Waals surface area contributed by atoms with E-state index in [2.05, 4.69) is 36.4 Å². The third-order valence-electron chi connectivity index (χ3n) is 3.17. The van der Waals surface area contributed by atoms with Crippen molar-refractivity contribution in [1.82, 2.24) is 15.5 Å². The van der Waals surface area contributed by atoms with Crippen molar-refractivity contribution in [3.63, 3.8) is 0 Å². The molecule has 1 heterocycles. The summed E-state index contributed by atoms with van der Waals surface area (Å²) < 4.78 is 0. The van der Waals surface area contributed by atoms with Gasteiger partial charge in [-0.1, -0.05) is 13.8 Å². The van der Waals surface area contributed by atoms with Crippen LogP contribution in [0.5, 0.6) is 0 Å². The fourth-order valence-electron chi connectivity index (χ4n) is 2.15. The van der Waals surface area contributed by atoms with Crippen LogP contribution in [-0.2, 0) is 0 Å². The zero-order valence-corrected chi connectivity index (χ0v) is 10.6. The molecule has 0 amide bonds. The second-order valence-electron chi connectivity index (χ2n) is 4.92. The molecule has 0 radical (unpaired) electrons. The molecule has 0 aliphatic carbocycles. The van der Waals surface area contributed by atoms with E-state index in [4.69, 9.17) is 0 Å². The quantitative estimate of drug-likeness (QED) is 0.646. The summed E-state index contributed by atoms with van der Waals surface area (Å²) in [5, 5.41) is 6.88. The van der Waals surface area contributed by atoms with Crippen LogP contribution >= 0.6 is 0 Å². The van der Waals surface area contributed by atoms with E-state index in [1.165, 1.54) is 38.9 Å². The van der Waals surface area contributed by atoms with Crippen molar-refractivity contribution in [3.05, 3.63) is 0 Å². The second kappa shape index (κ2) is 7.20. The first kappa shape index (κ1) is 12.9. The number of piperidine rings is 1. The van der Waals surface area contributed by atoms with Gasteiger partial charge in [-0.3, -0.25) is 0 Å². The van der Waals surface area contributed by atoms with Crippen LogP contribution in [-0.4, -0.2) is 50.2 Å². The van der Waals surface area contributed by atoms with E-state index in [9.17, 15) is 0 Å². The number of nitrogens with one attached hydrogen (secondary N) is 2. The van der Waals surface area contributed by atoms with Gasteiger partial charge in [-0.15, -0.1) is 0 Å². The minimum absolute atomic E-state index is 0.620. The molecule has 0 saturated carbocycles. The van der Waals surface area contributed by atoms with Gasteiger partial charge in [0.05, 0.1) is 0 Å². The summed E-state index contributed by atoms with van der Waals surface area (Å²) in [6.45, 7) is 9.17. The second-order valence-corrected chi connectivity index (χ2v) is 4.92. The SMILES string of the molecule is CC(C)NCCCN(C)C1CCNCC1. The first-order valence-electron chi connectivity index (χ1n) is 6.34. The highest BCUT2D eigenvalue weighted by atomic mass is 15.1. The molecule has 1 rings (SSSR count). The molecule has 1 aliphatic heterocycles. The smallest absolute Gasteiger partial charge is 0.0116 e. The Morgan fingerprint density at radius 1 is 1.33 bits per heavy atom. The largest absolute Gasteiger partial charge is 0.317 e. The van der Waals surface area contributed by atoms with Gasteiger partial charge >= 0.3 is 0 Å². The van der Waals surface area contributed by atoms with E-state index in [-0.39, 0.29) is 0 Å². The van der Waals surface area contributed by atoms with Crippen LogP contribution in [0, 0.1) is 0 Å². The van der Waals surface area contributed by atoms with E-state index >= 15 is 0 Å². The number of nitrogens with zero attached hydrogens (tertiary/aromatic N) is 1. The Hall–Kier alpha value is -0.120. The summed E-state index contributed by atoms with van der Waals surface area (Å²) in [4.78, 5) is 2.53. The van der Waals surface area contributed by atoms with Crippen LogP contribution in [0.4, 0.5) is 0 Å². The van der Waals surface area contributed by atoms with Crippen molar-refractivity contribution in [2.45, 2.75) is 45.2 Å². The molecule has 0 aromatic rings. The Balaban J connectivity index is 2.04. The zero-order chi connectivity index (χ0) is 11.1. The van der Waals surface area contributed by atoms with Gasteiger partial charge in [0, 0.05) is 12.1 Å². The standard InChI is InChI=1S/C12H27N3/c1-11(2)14-7-4-10-15(3)12-5-8-13-9-6-12/h11-14H,4-10H2,1-3H3. The molecule has 3 nitrogen and oxygen atoms in total. The third kappa shape index (κ3) is 5.50. The van der Waals surface area contributed by atoms with Crippen molar-refractivity contribution in [2.24, 2.45) is 0 Å². The molecule has 0 aromatic carbocycles. The van der Waals surface area contributed by atoms with Gasteiger partial charge in [-0.2, -0.15) is 0 Å². The maximum atomic E-state index is 3.46. The zero-order valence-electron chi connectivity index (χ0n) is 10.6. The molecule has 90 valence electrons. The highest BCUT2D eigenvalue weighted by Gasteiger charge is 2.16. The van der Waals surface area contributed by atoms with Crippen LogP contribution in [0.1, 0.15) is 33.1 Å². The molecule has 3 heteroatoms. The Labute approximate surface area is 94.6 Å². The highest BCUT2D eigenvalue weighted by Crippen LogP contribution is 2.09. The van der Waals surface area contributed by atoms with Crippen LogP contribution < -0.4 is 10.6 Å². The van der Waals surface area contributed by atoms with Gasteiger partial charge in [-0.05, 0) is 52.5 Å². The summed E-state index contributed by atoms with van der Waals surface area (Å²) in [6, 6.07) is 1.43. The fraction of sp³-hybridized carbons (Fsp3) is 1.00. The number of rotatable bonds is 6.